The number of benzene rings is 1. The average Bonchev–Trinajstić information content (AvgIpc) is 2.98. The van der Waals surface area contributed by atoms with E-state index >= 15 is 0 Å². The van der Waals surface area contributed by atoms with Crippen LogP contribution < -0.4 is 5.73 Å². The Kier molecular flexibility index (Phi) is 4.13. The van der Waals surface area contributed by atoms with Gasteiger partial charge in [-0.25, -0.2) is 4.68 Å². The van der Waals surface area contributed by atoms with Crippen LogP contribution in [0, 0.1) is 0 Å². The van der Waals surface area contributed by atoms with Gasteiger partial charge >= 0.3 is 0 Å². The van der Waals surface area contributed by atoms with Crippen molar-refractivity contribution in [2.24, 2.45) is 5.73 Å². The molecule has 1 unspecified atom stereocenters. The summed E-state index contributed by atoms with van der Waals surface area (Å²) in [6, 6.07) is 13.8. The van der Waals surface area contributed by atoms with Crippen molar-refractivity contribution in [1.82, 2.24) is 14.8 Å². The highest BCUT2D eigenvalue weighted by Crippen LogP contribution is 2.17. The maximum atomic E-state index is 6.25. The van der Waals surface area contributed by atoms with Gasteiger partial charge in [0.2, 0.25) is 0 Å². The monoisotopic (exact) mass is 342 g/mol. The van der Waals surface area contributed by atoms with E-state index in [0.717, 1.165) is 21.4 Å². The SMILES string of the molecule is NC(Cc1cncc(Br)c1)c1ccn(-c2ccccc2)n1. The molecule has 4 nitrogen and oxygen atoms in total. The standard InChI is InChI=1S/C16H15BrN4/c17-13-8-12(10-19-11-13)9-15(18)16-6-7-21(20-16)14-4-2-1-3-5-14/h1-8,10-11,15H,9,18H2. The van der Waals surface area contributed by atoms with Gasteiger partial charge in [0, 0.05) is 23.1 Å². The zero-order valence-corrected chi connectivity index (χ0v) is 12.9. The molecule has 0 spiro atoms. The fourth-order valence-corrected chi connectivity index (χ4v) is 2.60. The third-order valence-electron chi connectivity index (χ3n) is 3.23. The lowest BCUT2D eigenvalue weighted by atomic mass is 10.1. The highest BCUT2D eigenvalue weighted by atomic mass is 79.9. The van der Waals surface area contributed by atoms with Crippen molar-refractivity contribution < 1.29 is 0 Å². The summed E-state index contributed by atoms with van der Waals surface area (Å²) in [6.45, 7) is 0. The van der Waals surface area contributed by atoms with Crippen LogP contribution in [0.1, 0.15) is 17.3 Å². The molecule has 0 aliphatic carbocycles. The Morgan fingerprint density at radius 2 is 1.95 bits per heavy atom. The number of aromatic nitrogens is 3. The van der Waals surface area contributed by atoms with E-state index in [9.17, 15) is 0 Å². The molecule has 2 N–H and O–H groups in total. The summed E-state index contributed by atoms with van der Waals surface area (Å²) in [6.07, 6.45) is 6.24. The van der Waals surface area contributed by atoms with Crippen LogP contribution in [-0.2, 0) is 6.42 Å². The normalized spacial score (nSPS) is 12.3. The van der Waals surface area contributed by atoms with Crippen molar-refractivity contribution in [1.29, 1.82) is 0 Å². The van der Waals surface area contributed by atoms with Crippen LogP contribution >= 0.6 is 15.9 Å². The van der Waals surface area contributed by atoms with Crippen LogP contribution in [0.3, 0.4) is 0 Å². The predicted molar refractivity (Wildman–Crippen MR) is 86.1 cm³/mol. The van der Waals surface area contributed by atoms with Gasteiger partial charge in [-0.2, -0.15) is 5.10 Å². The third-order valence-corrected chi connectivity index (χ3v) is 3.66. The average molecular weight is 343 g/mol. The first kappa shape index (κ1) is 14.0. The number of rotatable bonds is 4. The smallest absolute Gasteiger partial charge is 0.0799 e. The molecule has 0 aliphatic heterocycles. The van der Waals surface area contributed by atoms with Crippen molar-refractivity contribution >= 4 is 15.9 Å². The summed E-state index contributed by atoms with van der Waals surface area (Å²) < 4.78 is 2.80. The molecular formula is C16H15BrN4. The molecule has 0 aliphatic rings. The second kappa shape index (κ2) is 6.20. The van der Waals surface area contributed by atoms with Crippen molar-refractivity contribution in [3.8, 4) is 5.69 Å². The Balaban J connectivity index is 1.77. The van der Waals surface area contributed by atoms with Crippen LogP contribution in [0.2, 0.25) is 0 Å². The maximum Gasteiger partial charge on any atom is 0.0799 e. The predicted octanol–water partition coefficient (Wildman–Crippen LogP) is 3.27. The van der Waals surface area contributed by atoms with E-state index in [2.05, 4.69) is 26.0 Å². The molecule has 0 amide bonds. The lowest BCUT2D eigenvalue weighted by Gasteiger charge is -2.09. The van der Waals surface area contributed by atoms with Crippen LogP contribution in [-0.4, -0.2) is 14.8 Å². The van der Waals surface area contributed by atoms with Gasteiger partial charge in [-0.3, -0.25) is 4.98 Å². The van der Waals surface area contributed by atoms with E-state index in [1.54, 1.807) is 6.20 Å². The summed E-state index contributed by atoms with van der Waals surface area (Å²) in [5, 5.41) is 4.56. The Bertz CT molecular complexity index is 724. The summed E-state index contributed by atoms with van der Waals surface area (Å²) in [5.41, 5.74) is 9.24. The van der Waals surface area contributed by atoms with Crippen molar-refractivity contribution in [3.63, 3.8) is 0 Å². The molecule has 1 atom stereocenters. The molecule has 3 rings (SSSR count). The largest absolute Gasteiger partial charge is 0.322 e. The van der Waals surface area contributed by atoms with Crippen LogP contribution in [0.5, 0.6) is 0 Å². The Hall–Kier alpha value is -1.98. The first-order valence-electron chi connectivity index (χ1n) is 6.68. The number of nitrogens with two attached hydrogens (primary N) is 1. The lowest BCUT2D eigenvalue weighted by molar-refractivity contribution is 0.676. The maximum absolute atomic E-state index is 6.25. The fraction of sp³-hybridized carbons (Fsp3) is 0.125. The van der Waals surface area contributed by atoms with E-state index in [1.165, 1.54) is 0 Å². The minimum absolute atomic E-state index is 0.147. The zero-order chi connectivity index (χ0) is 14.7. The molecule has 3 aromatic rings. The molecule has 106 valence electrons. The second-order valence-electron chi connectivity index (χ2n) is 4.84. The van der Waals surface area contributed by atoms with Crippen LogP contribution in [0.15, 0.2) is 65.5 Å². The summed E-state index contributed by atoms with van der Waals surface area (Å²) in [7, 11) is 0. The minimum Gasteiger partial charge on any atom is -0.322 e. The van der Waals surface area contributed by atoms with Gasteiger partial charge < -0.3 is 5.73 Å². The molecule has 0 radical (unpaired) electrons. The summed E-state index contributed by atoms with van der Waals surface area (Å²) in [4.78, 5) is 4.16. The van der Waals surface area contributed by atoms with E-state index in [0.29, 0.717) is 6.42 Å². The third kappa shape index (κ3) is 3.37. The van der Waals surface area contributed by atoms with Crippen molar-refractivity contribution in [2.75, 3.05) is 0 Å². The molecule has 1 aromatic carbocycles. The minimum atomic E-state index is -0.147. The number of hydrogen-bond acceptors (Lipinski definition) is 3. The highest BCUT2D eigenvalue weighted by molar-refractivity contribution is 9.10. The fourth-order valence-electron chi connectivity index (χ4n) is 2.19. The molecule has 5 heteroatoms. The van der Waals surface area contributed by atoms with Crippen molar-refractivity contribution in [3.05, 3.63) is 76.8 Å². The molecule has 21 heavy (non-hydrogen) atoms. The van der Waals surface area contributed by atoms with E-state index < -0.39 is 0 Å². The second-order valence-corrected chi connectivity index (χ2v) is 5.76. The number of para-hydroxylation sites is 1. The van der Waals surface area contributed by atoms with Gasteiger partial charge in [0.25, 0.3) is 0 Å². The van der Waals surface area contributed by atoms with Crippen molar-refractivity contribution in [2.45, 2.75) is 12.5 Å². The molecule has 2 heterocycles. The lowest BCUT2D eigenvalue weighted by Crippen LogP contribution is -2.14. The van der Waals surface area contributed by atoms with Gasteiger partial charge in [0.05, 0.1) is 17.4 Å². The molecule has 2 aromatic heterocycles. The first-order chi connectivity index (χ1) is 10.2. The van der Waals surface area contributed by atoms with E-state index in [4.69, 9.17) is 5.73 Å². The summed E-state index contributed by atoms with van der Waals surface area (Å²) in [5.74, 6) is 0. The highest BCUT2D eigenvalue weighted by Gasteiger charge is 2.11. The van der Waals surface area contributed by atoms with Gasteiger partial charge in [0.1, 0.15) is 0 Å². The number of halogens is 1. The van der Waals surface area contributed by atoms with E-state index in [-0.39, 0.29) is 6.04 Å². The van der Waals surface area contributed by atoms with Gasteiger partial charge in [-0.15, -0.1) is 0 Å². The van der Waals surface area contributed by atoms with E-state index in [1.807, 2.05) is 59.5 Å². The Morgan fingerprint density at radius 3 is 2.71 bits per heavy atom. The number of pyridine rings is 1. The zero-order valence-electron chi connectivity index (χ0n) is 11.4. The molecule has 0 fully saturated rings. The summed E-state index contributed by atoms with van der Waals surface area (Å²) >= 11 is 3.42. The topological polar surface area (TPSA) is 56.7 Å². The number of hydrogen-bond donors (Lipinski definition) is 1. The number of nitrogens with zero attached hydrogens (tertiary/aromatic N) is 3. The van der Waals surface area contributed by atoms with Crippen LogP contribution in [0.4, 0.5) is 0 Å². The first-order valence-corrected chi connectivity index (χ1v) is 7.47. The molecular weight excluding hydrogens is 328 g/mol. The molecule has 0 bridgehead atoms. The van der Waals surface area contributed by atoms with Gasteiger partial charge in [0.15, 0.2) is 0 Å². The molecule has 0 saturated carbocycles. The van der Waals surface area contributed by atoms with Gasteiger partial charge in [-0.1, -0.05) is 18.2 Å². The van der Waals surface area contributed by atoms with Gasteiger partial charge in [-0.05, 0) is 52.2 Å². The Labute approximate surface area is 131 Å². The Morgan fingerprint density at radius 1 is 1.14 bits per heavy atom. The molecule has 0 saturated heterocycles. The van der Waals surface area contributed by atoms with Crippen LogP contribution in [0.25, 0.3) is 5.69 Å². The quantitative estimate of drug-likeness (QED) is 0.791.